The lowest BCUT2D eigenvalue weighted by Crippen LogP contribution is -2.37. The van der Waals surface area contributed by atoms with Crippen molar-refractivity contribution >= 4 is 45.4 Å². The molecule has 1 aromatic carbocycles. The van der Waals surface area contributed by atoms with Crippen molar-refractivity contribution < 1.29 is 41.8 Å². The lowest BCUT2D eigenvalue weighted by molar-refractivity contribution is -0.198. The third-order valence-corrected chi connectivity index (χ3v) is 5.75. The summed E-state index contributed by atoms with van der Waals surface area (Å²) in [6.45, 7) is 1.64. The fraction of sp³-hybridized carbons (Fsp3) is 0.278. The lowest BCUT2D eigenvalue weighted by atomic mass is 9.96. The summed E-state index contributed by atoms with van der Waals surface area (Å²) in [6, 6.07) is 5.87. The van der Waals surface area contributed by atoms with Gasteiger partial charge in [-0.05, 0) is 24.1 Å². The predicted molar refractivity (Wildman–Crippen MR) is 99.0 cm³/mol. The number of amides is 4. The first kappa shape index (κ1) is 21.3. The minimum absolute atomic E-state index is 0.0467. The van der Waals surface area contributed by atoms with Crippen LogP contribution < -0.4 is 4.90 Å². The molecule has 1 saturated heterocycles. The Labute approximate surface area is 170 Å². The zero-order chi connectivity index (χ0) is 22.2. The van der Waals surface area contributed by atoms with Crippen LogP contribution in [0.3, 0.4) is 0 Å². The zero-order valence-corrected chi connectivity index (χ0v) is 16.4. The zero-order valence-electron chi connectivity index (χ0n) is 15.5. The number of benzene rings is 1. The molecule has 1 N–H and O–H groups in total. The number of hydrogen-bond acceptors (Lipinski definition) is 8. The van der Waals surface area contributed by atoms with Crippen LogP contribution in [0.4, 0.5) is 5.69 Å². The number of rotatable bonds is 6. The maximum absolute atomic E-state index is 12.5. The first-order valence-corrected chi connectivity index (χ1v) is 10.3. The number of hydrogen-bond donors (Lipinski definition) is 1. The van der Waals surface area contributed by atoms with E-state index in [1.54, 1.807) is 6.92 Å². The van der Waals surface area contributed by atoms with Gasteiger partial charge in [0, 0.05) is 12.2 Å². The van der Waals surface area contributed by atoms with Crippen LogP contribution in [0.1, 0.15) is 31.2 Å². The molecule has 30 heavy (non-hydrogen) atoms. The van der Waals surface area contributed by atoms with Gasteiger partial charge in [0.25, 0.3) is 33.7 Å². The molecular formula is C18H16N2O9S. The highest BCUT2D eigenvalue weighted by Gasteiger charge is 2.48. The molecule has 0 aromatic heterocycles. The van der Waals surface area contributed by atoms with Crippen molar-refractivity contribution in [2.75, 3.05) is 4.90 Å². The summed E-state index contributed by atoms with van der Waals surface area (Å²) in [5.74, 6) is -5.33. The maximum atomic E-state index is 12.5. The topological polar surface area (TPSA) is 155 Å². The van der Waals surface area contributed by atoms with Gasteiger partial charge in [0.15, 0.2) is 5.25 Å². The summed E-state index contributed by atoms with van der Waals surface area (Å²) >= 11 is 0. The average Bonchev–Trinajstić information content (AvgIpc) is 3.16. The predicted octanol–water partition coefficient (Wildman–Crippen LogP) is 0.0831. The highest BCUT2D eigenvalue weighted by atomic mass is 32.2. The molecule has 2 aliphatic heterocycles. The van der Waals surface area contributed by atoms with E-state index in [0.717, 1.165) is 17.1 Å². The van der Waals surface area contributed by atoms with Gasteiger partial charge in [0.05, 0.1) is 18.0 Å². The van der Waals surface area contributed by atoms with Gasteiger partial charge in [-0.15, -0.1) is 5.06 Å². The Balaban J connectivity index is 1.75. The summed E-state index contributed by atoms with van der Waals surface area (Å²) in [4.78, 5) is 65.6. The summed E-state index contributed by atoms with van der Waals surface area (Å²) in [7, 11) is -4.82. The van der Waals surface area contributed by atoms with Crippen LogP contribution in [-0.2, 0) is 38.9 Å². The van der Waals surface area contributed by atoms with Crippen LogP contribution in [-0.4, -0.2) is 52.9 Å². The third-order valence-electron chi connectivity index (χ3n) is 4.66. The van der Waals surface area contributed by atoms with E-state index in [0.29, 0.717) is 11.3 Å². The van der Waals surface area contributed by atoms with Crippen LogP contribution in [0.25, 0.3) is 0 Å². The van der Waals surface area contributed by atoms with Gasteiger partial charge in [-0.3, -0.25) is 23.7 Å². The van der Waals surface area contributed by atoms with Crippen molar-refractivity contribution in [2.45, 2.75) is 30.9 Å². The van der Waals surface area contributed by atoms with Crippen molar-refractivity contribution in [3.8, 4) is 0 Å². The van der Waals surface area contributed by atoms with Crippen LogP contribution >= 0.6 is 0 Å². The molecule has 0 radical (unpaired) electrons. The minimum Gasteiger partial charge on any atom is -0.330 e. The molecule has 0 bridgehead atoms. The molecule has 11 nitrogen and oxygen atoms in total. The SMILES string of the molecule is CCC(C(=O)ON1C(=O)CC(S(=O)(=O)O)C1=O)c1ccc(N2C(=O)C=CC2=O)cc1. The van der Waals surface area contributed by atoms with E-state index in [1.165, 1.54) is 24.3 Å². The summed E-state index contributed by atoms with van der Waals surface area (Å²) in [5.41, 5.74) is 0.714. The molecule has 2 unspecified atom stereocenters. The van der Waals surface area contributed by atoms with Gasteiger partial charge >= 0.3 is 5.97 Å². The Bertz CT molecular complexity index is 1060. The molecule has 0 spiro atoms. The van der Waals surface area contributed by atoms with Crippen LogP contribution in [0.2, 0.25) is 0 Å². The Morgan fingerprint density at radius 3 is 2.17 bits per heavy atom. The lowest BCUT2D eigenvalue weighted by Gasteiger charge is -2.19. The third kappa shape index (κ3) is 3.86. The summed E-state index contributed by atoms with van der Waals surface area (Å²) in [6.07, 6.45) is 1.64. The second-order valence-corrected chi connectivity index (χ2v) is 8.14. The van der Waals surface area contributed by atoms with Gasteiger partial charge in [0.2, 0.25) is 0 Å². The number of anilines is 1. The van der Waals surface area contributed by atoms with Crippen LogP contribution in [0.5, 0.6) is 0 Å². The molecule has 0 aliphatic carbocycles. The molecule has 158 valence electrons. The second-order valence-electron chi connectivity index (χ2n) is 6.54. The normalized spacial score (nSPS) is 20.3. The van der Waals surface area contributed by atoms with E-state index >= 15 is 0 Å². The van der Waals surface area contributed by atoms with Crippen molar-refractivity contribution in [3.63, 3.8) is 0 Å². The molecule has 3 rings (SSSR count). The highest BCUT2D eigenvalue weighted by molar-refractivity contribution is 7.87. The summed E-state index contributed by atoms with van der Waals surface area (Å²) < 4.78 is 31.4. The Morgan fingerprint density at radius 2 is 1.70 bits per heavy atom. The van der Waals surface area contributed by atoms with Gasteiger partial charge in [-0.1, -0.05) is 19.1 Å². The highest BCUT2D eigenvalue weighted by Crippen LogP contribution is 2.27. The number of nitrogens with zero attached hydrogens (tertiary/aromatic N) is 2. The van der Waals surface area contributed by atoms with E-state index in [2.05, 4.69) is 0 Å². The molecular weight excluding hydrogens is 420 g/mol. The minimum atomic E-state index is -4.82. The average molecular weight is 436 g/mol. The number of imide groups is 2. The Hall–Kier alpha value is -3.38. The fourth-order valence-corrected chi connectivity index (χ4v) is 3.82. The van der Waals surface area contributed by atoms with Crippen LogP contribution in [0, 0.1) is 0 Å². The molecule has 2 atom stereocenters. The van der Waals surface area contributed by atoms with E-state index in [1.807, 2.05) is 0 Å². The van der Waals surface area contributed by atoms with Crippen molar-refractivity contribution in [3.05, 3.63) is 42.0 Å². The van der Waals surface area contributed by atoms with Crippen LogP contribution in [0.15, 0.2) is 36.4 Å². The van der Waals surface area contributed by atoms with Gasteiger partial charge in [-0.25, -0.2) is 9.69 Å². The Kier molecular flexibility index (Phi) is 5.55. The molecule has 1 fully saturated rings. The maximum Gasteiger partial charge on any atom is 0.340 e. The van der Waals surface area contributed by atoms with Crippen molar-refractivity contribution in [1.29, 1.82) is 0 Å². The molecule has 2 heterocycles. The van der Waals surface area contributed by atoms with Crippen molar-refractivity contribution in [1.82, 2.24) is 5.06 Å². The second kappa shape index (κ2) is 7.80. The number of hydroxylamine groups is 2. The summed E-state index contributed by atoms with van der Waals surface area (Å²) in [5, 5.41) is -1.97. The molecule has 2 aliphatic rings. The smallest absolute Gasteiger partial charge is 0.330 e. The van der Waals surface area contributed by atoms with Gasteiger partial charge in [0.1, 0.15) is 0 Å². The van der Waals surface area contributed by atoms with E-state index < -0.39 is 57.3 Å². The van der Waals surface area contributed by atoms with Gasteiger partial charge < -0.3 is 4.84 Å². The molecule has 0 saturated carbocycles. The first-order chi connectivity index (χ1) is 14.0. The molecule has 12 heteroatoms. The molecule has 1 aromatic rings. The monoisotopic (exact) mass is 436 g/mol. The fourth-order valence-electron chi connectivity index (χ4n) is 3.11. The van der Waals surface area contributed by atoms with E-state index in [9.17, 15) is 32.4 Å². The van der Waals surface area contributed by atoms with E-state index in [-0.39, 0.29) is 11.5 Å². The standard InChI is InChI=1S/C18H16N2O9S/c1-2-12(10-3-5-11(6-4-10)19-14(21)7-8-15(19)22)18(25)29-20-16(23)9-13(17(20)24)30(26,27)28/h3-8,12-13H,2,9H2,1H3,(H,26,27,28). The Morgan fingerprint density at radius 1 is 1.13 bits per heavy atom. The van der Waals surface area contributed by atoms with E-state index in [4.69, 9.17) is 9.39 Å². The largest absolute Gasteiger partial charge is 0.340 e. The van der Waals surface area contributed by atoms with Crippen molar-refractivity contribution in [2.24, 2.45) is 0 Å². The molecule has 4 amide bonds. The number of carbonyl (C=O) groups is 5. The quantitative estimate of drug-likeness (QED) is 0.482. The van der Waals surface area contributed by atoms with Gasteiger partial charge in [-0.2, -0.15) is 8.42 Å². The number of carbonyl (C=O) groups excluding carboxylic acids is 5. The first-order valence-electron chi connectivity index (χ1n) is 8.75.